The number of carbonyl (C=O) groups is 1. The van der Waals surface area contributed by atoms with Crippen LogP contribution < -0.4 is 59.1 Å². The number of aliphatic hydroxyl groups is 1. The van der Waals surface area contributed by atoms with Crippen molar-refractivity contribution >= 4 is 27.0 Å². The molecule has 0 aromatic rings. The topological polar surface area (TPSA) is 146 Å². The van der Waals surface area contributed by atoms with Crippen molar-refractivity contribution in [1.82, 2.24) is 0 Å². The first kappa shape index (κ1) is 36.9. The molecule has 0 rings (SSSR count). The van der Waals surface area contributed by atoms with E-state index in [4.69, 9.17) is 17.7 Å². The first-order valence-electron chi connectivity index (χ1n) is 3.96. The van der Waals surface area contributed by atoms with Gasteiger partial charge in [0.15, 0.2) is 0 Å². The minimum atomic E-state index is -4.45. The van der Waals surface area contributed by atoms with Gasteiger partial charge in [-0.3, -0.25) is 0 Å². The van der Waals surface area contributed by atoms with Crippen LogP contribution >= 0.6 is 0 Å². The fourth-order valence-corrected chi connectivity index (χ4v) is 0.612. The second-order valence-corrected chi connectivity index (χ2v) is 4.07. The number of hydrogen-bond acceptors (Lipinski definition) is 8. The van der Waals surface area contributed by atoms with Crippen LogP contribution in [-0.2, 0) is 25.5 Å². The molecule has 0 saturated carbocycles. The maximum atomic E-state index is 9.76. The van der Waals surface area contributed by atoms with Crippen LogP contribution in [-0.4, -0.2) is 42.4 Å². The van der Waals surface area contributed by atoms with E-state index in [1.807, 2.05) is 6.92 Å². The number of rotatable bonds is 3. The zero-order chi connectivity index (χ0) is 13.8. The third-order valence-electron chi connectivity index (χ3n) is 0.849. The van der Waals surface area contributed by atoms with Crippen LogP contribution in [0.3, 0.4) is 0 Å². The van der Waals surface area contributed by atoms with Crippen LogP contribution in [0.25, 0.3) is 0 Å². The van der Waals surface area contributed by atoms with E-state index in [0.717, 1.165) is 6.29 Å². The fourth-order valence-electron chi connectivity index (χ4n) is 0.204. The van der Waals surface area contributed by atoms with Gasteiger partial charge in [0.25, 0.3) is 0 Å². The molecule has 0 bridgehead atoms. The van der Waals surface area contributed by atoms with Gasteiger partial charge in [0.1, 0.15) is 21.8 Å². The Labute approximate surface area is 161 Å². The average Bonchev–Trinajstić information content (AvgIpc) is 2.14. The van der Waals surface area contributed by atoms with Gasteiger partial charge in [-0.05, 0) is 6.42 Å². The number of aliphatic hydroxyl groups excluding tert-OH is 1. The van der Waals surface area contributed by atoms with E-state index >= 15 is 0 Å². The van der Waals surface area contributed by atoms with Gasteiger partial charge in [0.05, 0.1) is 0 Å². The van der Waals surface area contributed by atoms with Gasteiger partial charge in [0, 0.05) is 6.42 Å². The predicted octanol–water partition coefficient (Wildman–Crippen LogP) is -6.39. The minimum absolute atomic E-state index is 0. The molecule has 19 heavy (non-hydrogen) atoms. The molecule has 0 spiro atoms. The molecule has 0 heterocycles. The second kappa shape index (κ2) is 24.2. The Morgan fingerprint density at radius 3 is 1.47 bits per heavy atom. The van der Waals surface area contributed by atoms with Gasteiger partial charge < -0.3 is 15.9 Å². The number of hydrogen-bond donors (Lipinski definition) is 1. The van der Waals surface area contributed by atoms with Crippen molar-refractivity contribution in [3.8, 4) is 0 Å². The molecule has 8 nitrogen and oxygen atoms in total. The zero-order valence-electron chi connectivity index (χ0n) is 11.7. The van der Waals surface area contributed by atoms with E-state index < -0.39 is 26.2 Å². The molecular weight excluding hydrogens is 322 g/mol. The summed E-state index contributed by atoms with van der Waals surface area (Å²) in [4.78, 5) is 9.17. The first-order valence-corrected chi connectivity index (χ1v) is 6.43. The maximum Gasteiger partial charge on any atom is 1.00 e. The quantitative estimate of drug-likeness (QED) is 0.303. The molecule has 108 valence electrons. The normalized spacial score (nSPS) is 9.26. The molecule has 1 N–H and O–H groups in total. The third-order valence-corrected chi connectivity index (χ3v) is 1.85. The third kappa shape index (κ3) is 54.7. The summed E-state index contributed by atoms with van der Waals surface area (Å²) in [7, 11) is -7.56. The fraction of sp³-hybridized carbons (Fsp3) is 0.857. The van der Waals surface area contributed by atoms with Crippen molar-refractivity contribution in [3.05, 3.63) is 0 Å². The molecule has 1 unspecified atom stereocenters. The SMILES string of the molecule is C.CCC(O)S(=O)(=O)[O-].CCC=O.O=S(=O)=O.[H-].[Na+].[Na+]. The van der Waals surface area contributed by atoms with Crippen molar-refractivity contribution in [3.63, 3.8) is 0 Å². The largest absolute Gasteiger partial charge is 1.00 e. The summed E-state index contributed by atoms with van der Waals surface area (Å²) in [5.41, 5.74) is -1.73. The Morgan fingerprint density at radius 2 is 1.47 bits per heavy atom. The Kier molecular flexibility index (Phi) is 47.0. The van der Waals surface area contributed by atoms with Crippen LogP contribution in [0.5, 0.6) is 0 Å². The molecule has 0 aliphatic rings. The molecule has 0 aliphatic carbocycles. The van der Waals surface area contributed by atoms with Gasteiger partial charge in [-0.25, -0.2) is 8.42 Å². The summed E-state index contributed by atoms with van der Waals surface area (Å²) >= 11 is 0. The first-order chi connectivity index (χ1) is 7.13. The Balaban J connectivity index is -0.0000000249. The smallest absolute Gasteiger partial charge is 1.00 e. The predicted molar refractivity (Wildman–Crippen MR) is 59.9 cm³/mol. The maximum absolute atomic E-state index is 9.76. The molecule has 0 radical (unpaired) electrons. The van der Waals surface area contributed by atoms with Crippen LogP contribution in [0.1, 0.15) is 35.5 Å². The molecule has 12 heteroatoms. The summed E-state index contributed by atoms with van der Waals surface area (Å²) in [5.74, 6) is 0. The van der Waals surface area contributed by atoms with E-state index in [1.165, 1.54) is 6.92 Å². The van der Waals surface area contributed by atoms with E-state index in [9.17, 15) is 17.8 Å². The Morgan fingerprint density at radius 1 is 1.26 bits per heavy atom. The average molecular weight is 340 g/mol. The molecule has 0 aliphatic heterocycles. The molecule has 1 atom stereocenters. The standard InChI is InChI=1S/C3H8O4S.C3H6O.CH4.2Na.O3S.H/c1-2-3(4)8(5,6)7;1-2-3-4;;;;1-4(2)3;/h3-4H,2H2,1H3,(H,5,6,7);3H,2H2,1H3;1H4;;;;/q;;;2*+1;;-1/p-1. The van der Waals surface area contributed by atoms with E-state index in [1.54, 1.807) is 0 Å². The van der Waals surface area contributed by atoms with Crippen molar-refractivity contribution < 1.29 is 96.0 Å². The van der Waals surface area contributed by atoms with Gasteiger partial charge >= 0.3 is 69.7 Å². The van der Waals surface area contributed by atoms with Gasteiger partial charge in [-0.15, -0.1) is 12.6 Å². The summed E-state index contributed by atoms with van der Waals surface area (Å²) in [6.07, 6.45) is 1.46. The van der Waals surface area contributed by atoms with Crippen molar-refractivity contribution in [2.24, 2.45) is 0 Å². The molecular formula is C7H18Na2O8S2. The van der Waals surface area contributed by atoms with Crippen molar-refractivity contribution in [2.45, 2.75) is 39.6 Å². The monoisotopic (exact) mass is 340 g/mol. The number of carbonyl (C=O) groups excluding carboxylic acids is 1. The summed E-state index contributed by atoms with van der Waals surface area (Å²) in [6.45, 7) is 3.23. The Bertz CT molecular complexity index is 362. The van der Waals surface area contributed by atoms with E-state index in [-0.39, 0.29) is 74.4 Å². The molecule has 0 saturated heterocycles. The summed E-state index contributed by atoms with van der Waals surface area (Å²) in [5, 5.41) is 8.29. The van der Waals surface area contributed by atoms with Gasteiger partial charge in [-0.2, -0.15) is 0 Å². The van der Waals surface area contributed by atoms with E-state index in [0.29, 0.717) is 6.42 Å². The van der Waals surface area contributed by atoms with Crippen molar-refractivity contribution in [1.29, 1.82) is 0 Å². The summed E-state index contributed by atoms with van der Waals surface area (Å²) in [6, 6.07) is 0. The molecule has 0 amide bonds. The second-order valence-electron chi connectivity index (χ2n) is 2.13. The van der Waals surface area contributed by atoms with Crippen LogP contribution in [0, 0.1) is 0 Å². The molecule has 0 aromatic carbocycles. The van der Waals surface area contributed by atoms with Crippen LogP contribution in [0.4, 0.5) is 0 Å². The number of aldehydes is 1. The molecule has 0 aromatic heterocycles. The van der Waals surface area contributed by atoms with E-state index in [2.05, 4.69) is 0 Å². The zero-order valence-corrected chi connectivity index (χ0v) is 16.3. The van der Waals surface area contributed by atoms with Gasteiger partial charge in [-0.1, -0.05) is 21.3 Å². The summed E-state index contributed by atoms with van der Waals surface area (Å²) < 4.78 is 54.6. The molecule has 0 fully saturated rings. The Hall–Kier alpha value is 1.16. The van der Waals surface area contributed by atoms with Crippen molar-refractivity contribution in [2.75, 3.05) is 0 Å². The van der Waals surface area contributed by atoms with Crippen LogP contribution in [0.15, 0.2) is 0 Å². The minimum Gasteiger partial charge on any atom is -1.00 e. The van der Waals surface area contributed by atoms with Gasteiger partial charge in [0.2, 0.25) is 0 Å². The van der Waals surface area contributed by atoms with Crippen LogP contribution in [0.2, 0.25) is 0 Å².